The van der Waals surface area contributed by atoms with Gasteiger partial charge in [0.05, 0.1) is 10.4 Å². The van der Waals surface area contributed by atoms with Gasteiger partial charge in [0, 0.05) is 4.88 Å². The highest BCUT2D eigenvalue weighted by Crippen LogP contribution is 2.35. The van der Waals surface area contributed by atoms with Crippen molar-refractivity contribution < 1.29 is 4.52 Å². The average molecular weight is 263 g/mol. The van der Waals surface area contributed by atoms with Crippen molar-refractivity contribution in [2.45, 2.75) is 45.1 Å². The molecule has 2 aromatic heterocycles. The van der Waals surface area contributed by atoms with Crippen molar-refractivity contribution in [1.82, 2.24) is 10.1 Å². The molecular formula is C13H17N3OS. The number of aryl methyl sites for hydroxylation is 2. The summed E-state index contributed by atoms with van der Waals surface area (Å²) < 4.78 is 5.32. The van der Waals surface area contributed by atoms with Gasteiger partial charge in [0.15, 0.2) is 5.82 Å². The van der Waals surface area contributed by atoms with Gasteiger partial charge >= 0.3 is 0 Å². The predicted molar refractivity (Wildman–Crippen MR) is 71.5 cm³/mol. The molecule has 5 heteroatoms. The number of fused-ring (bicyclic) bond motifs is 1. The molecule has 2 aromatic rings. The van der Waals surface area contributed by atoms with E-state index >= 15 is 0 Å². The van der Waals surface area contributed by atoms with Gasteiger partial charge in [-0.1, -0.05) is 5.16 Å². The molecule has 0 aromatic carbocycles. The molecular weight excluding hydrogens is 246 g/mol. The van der Waals surface area contributed by atoms with Gasteiger partial charge < -0.3 is 10.3 Å². The molecule has 1 aliphatic rings. The fraction of sp³-hybridized carbons (Fsp3) is 0.538. The highest BCUT2D eigenvalue weighted by atomic mass is 32.1. The number of nitrogens with two attached hydrogens (primary N) is 1. The molecule has 0 radical (unpaired) electrons. The molecule has 96 valence electrons. The third-order valence-electron chi connectivity index (χ3n) is 3.21. The lowest BCUT2D eigenvalue weighted by molar-refractivity contribution is 0.397. The van der Waals surface area contributed by atoms with Crippen LogP contribution in [0.2, 0.25) is 0 Å². The minimum atomic E-state index is -0.557. The van der Waals surface area contributed by atoms with E-state index in [0.29, 0.717) is 11.7 Å². The van der Waals surface area contributed by atoms with Gasteiger partial charge in [0.2, 0.25) is 0 Å². The molecule has 0 bridgehead atoms. The van der Waals surface area contributed by atoms with E-state index in [0.717, 1.165) is 4.88 Å². The molecule has 18 heavy (non-hydrogen) atoms. The average Bonchev–Trinajstić information content (AvgIpc) is 2.94. The molecule has 0 saturated carbocycles. The van der Waals surface area contributed by atoms with E-state index in [1.807, 2.05) is 13.8 Å². The van der Waals surface area contributed by atoms with Crippen molar-refractivity contribution in [2.75, 3.05) is 0 Å². The zero-order valence-electron chi connectivity index (χ0n) is 10.7. The zero-order chi connectivity index (χ0) is 12.8. The third kappa shape index (κ3) is 2.08. The second kappa shape index (κ2) is 4.17. The standard InChI is InChI=1S/C13H17N3OS/c1-13(2,14)12-15-11(17-16-12)10-7-8-5-3-4-6-9(8)18-10/h7H,3-6,14H2,1-2H3. The Morgan fingerprint density at radius 3 is 2.78 bits per heavy atom. The summed E-state index contributed by atoms with van der Waals surface area (Å²) in [6, 6.07) is 2.19. The molecule has 0 saturated heterocycles. The number of hydrogen-bond acceptors (Lipinski definition) is 5. The topological polar surface area (TPSA) is 64.9 Å². The van der Waals surface area contributed by atoms with Crippen LogP contribution in [-0.2, 0) is 18.4 Å². The Labute approximate surface area is 110 Å². The van der Waals surface area contributed by atoms with Crippen LogP contribution in [0.3, 0.4) is 0 Å². The van der Waals surface area contributed by atoms with E-state index in [4.69, 9.17) is 10.3 Å². The Bertz CT molecular complexity index is 542. The van der Waals surface area contributed by atoms with Crippen LogP contribution in [0.1, 0.15) is 43.0 Å². The van der Waals surface area contributed by atoms with Crippen molar-refractivity contribution in [3.63, 3.8) is 0 Å². The van der Waals surface area contributed by atoms with Crippen LogP contribution in [-0.4, -0.2) is 10.1 Å². The molecule has 4 nitrogen and oxygen atoms in total. The van der Waals surface area contributed by atoms with E-state index in [-0.39, 0.29) is 0 Å². The highest BCUT2D eigenvalue weighted by Gasteiger charge is 2.23. The first kappa shape index (κ1) is 11.9. The van der Waals surface area contributed by atoms with Crippen LogP contribution in [0.5, 0.6) is 0 Å². The zero-order valence-corrected chi connectivity index (χ0v) is 11.5. The molecule has 1 aliphatic carbocycles. The second-order valence-corrected chi connectivity index (χ2v) is 6.55. The second-order valence-electron chi connectivity index (χ2n) is 5.41. The molecule has 3 rings (SSSR count). The van der Waals surface area contributed by atoms with Gasteiger partial charge in [-0.25, -0.2) is 0 Å². The molecule has 2 heterocycles. The minimum absolute atomic E-state index is 0.557. The van der Waals surface area contributed by atoms with Crippen LogP contribution in [0.25, 0.3) is 10.8 Å². The maximum Gasteiger partial charge on any atom is 0.268 e. The lowest BCUT2D eigenvalue weighted by Crippen LogP contribution is -2.30. The van der Waals surface area contributed by atoms with E-state index < -0.39 is 5.54 Å². The normalized spacial score (nSPS) is 15.7. The maximum absolute atomic E-state index is 5.96. The van der Waals surface area contributed by atoms with Crippen LogP contribution in [0, 0.1) is 0 Å². The molecule has 2 N–H and O–H groups in total. The van der Waals surface area contributed by atoms with Crippen molar-refractivity contribution in [2.24, 2.45) is 5.73 Å². The Morgan fingerprint density at radius 2 is 2.11 bits per heavy atom. The maximum atomic E-state index is 5.96. The van der Waals surface area contributed by atoms with Crippen molar-refractivity contribution in [3.8, 4) is 10.8 Å². The van der Waals surface area contributed by atoms with Gasteiger partial charge in [0.25, 0.3) is 5.89 Å². The van der Waals surface area contributed by atoms with Crippen LogP contribution < -0.4 is 5.73 Å². The van der Waals surface area contributed by atoms with Crippen LogP contribution in [0.15, 0.2) is 10.6 Å². The molecule has 0 atom stereocenters. The van der Waals surface area contributed by atoms with Crippen molar-refractivity contribution in [1.29, 1.82) is 0 Å². The molecule has 0 amide bonds. The summed E-state index contributed by atoms with van der Waals surface area (Å²) in [5.74, 6) is 1.16. The van der Waals surface area contributed by atoms with Gasteiger partial charge in [-0.05, 0) is 51.2 Å². The van der Waals surface area contributed by atoms with Crippen LogP contribution >= 0.6 is 11.3 Å². The monoisotopic (exact) mass is 263 g/mol. The molecule has 0 unspecified atom stereocenters. The Hall–Kier alpha value is -1.20. The van der Waals surface area contributed by atoms with Crippen molar-refractivity contribution >= 4 is 11.3 Å². The predicted octanol–water partition coefficient (Wildman–Crippen LogP) is 2.87. The molecule has 0 fully saturated rings. The van der Waals surface area contributed by atoms with Gasteiger partial charge in [-0.15, -0.1) is 11.3 Å². The Morgan fingerprint density at radius 1 is 1.33 bits per heavy atom. The highest BCUT2D eigenvalue weighted by molar-refractivity contribution is 7.15. The molecule has 0 aliphatic heterocycles. The van der Waals surface area contributed by atoms with Gasteiger partial charge in [-0.3, -0.25) is 0 Å². The minimum Gasteiger partial charge on any atom is -0.333 e. The summed E-state index contributed by atoms with van der Waals surface area (Å²) in [6.45, 7) is 3.75. The Kier molecular flexibility index (Phi) is 2.75. The first-order valence-corrected chi connectivity index (χ1v) is 7.11. The van der Waals surface area contributed by atoms with Gasteiger partial charge in [0.1, 0.15) is 0 Å². The largest absolute Gasteiger partial charge is 0.333 e. The van der Waals surface area contributed by atoms with E-state index in [1.54, 1.807) is 11.3 Å². The summed E-state index contributed by atoms with van der Waals surface area (Å²) in [7, 11) is 0. The molecule has 0 spiro atoms. The number of aromatic nitrogens is 2. The lowest BCUT2D eigenvalue weighted by Gasteiger charge is -2.11. The SMILES string of the molecule is CC(C)(N)c1noc(-c2cc3c(s2)CCCC3)n1. The quantitative estimate of drug-likeness (QED) is 0.904. The van der Waals surface area contributed by atoms with Crippen LogP contribution in [0.4, 0.5) is 0 Å². The summed E-state index contributed by atoms with van der Waals surface area (Å²) in [5, 5.41) is 3.97. The first-order valence-electron chi connectivity index (χ1n) is 6.29. The van der Waals surface area contributed by atoms with Gasteiger partial charge in [-0.2, -0.15) is 4.98 Å². The fourth-order valence-electron chi connectivity index (χ4n) is 2.18. The van der Waals surface area contributed by atoms with Crippen molar-refractivity contribution in [3.05, 3.63) is 22.3 Å². The van der Waals surface area contributed by atoms with E-state index in [9.17, 15) is 0 Å². The first-order chi connectivity index (χ1) is 8.54. The van der Waals surface area contributed by atoms with E-state index in [2.05, 4.69) is 16.2 Å². The Balaban J connectivity index is 1.95. The van der Waals surface area contributed by atoms with E-state index in [1.165, 1.54) is 36.1 Å². The third-order valence-corrected chi connectivity index (χ3v) is 4.43. The number of hydrogen-bond donors (Lipinski definition) is 1. The number of thiophene rings is 1. The summed E-state index contributed by atoms with van der Waals surface area (Å²) >= 11 is 1.78. The summed E-state index contributed by atoms with van der Waals surface area (Å²) in [4.78, 5) is 6.95. The number of rotatable bonds is 2. The lowest BCUT2D eigenvalue weighted by atomic mass is 9.99. The summed E-state index contributed by atoms with van der Waals surface area (Å²) in [5.41, 5.74) is 6.86. The fourth-order valence-corrected chi connectivity index (χ4v) is 3.36. The smallest absolute Gasteiger partial charge is 0.268 e. The summed E-state index contributed by atoms with van der Waals surface area (Å²) in [6.07, 6.45) is 4.94. The number of nitrogens with zero attached hydrogens (tertiary/aromatic N) is 2.